The Labute approximate surface area is 111 Å². The molecule has 0 radical (unpaired) electrons. The van der Waals surface area contributed by atoms with E-state index < -0.39 is 0 Å². The quantitative estimate of drug-likeness (QED) is 0.857. The molecule has 19 heavy (non-hydrogen) atoms. The lowest BCUT2D eigenvalue weighted by Crippen LogP contribution is -2.28. The van der Waals surface area contributed by atoms with Crippen LogP contribution in [0, 0.1) is 0 Å². The van der Waals surface area contributed by atoms with E-state index >= 15 is 0 Å². The molecule has 1 amide bonds. The Hall–Kier alpha value is -2.30. The summed E-state index contributed by atoms with van der Waals surface area (Å²) in [6.07, 6.45) is 0.999. The van der Waals surface area contributed by atoms with E-state index in [1.165, 1.54) is 5.56 Å². The second-order valence-corrected chi connectivity index (χ2v) is 4.85. The molecule has 98 valence electrons. The van der Waals surface area contributed by atoms with E-state index in [-0.39, 0.29) is 5.91 Å². The molecule has 3 rings (SSSR count). The molecule has 0 bridgehead atoms. The number of nitrogens with zero attached hydrogens (tertiary/aromatic N) is 2. The van der Waals surface area contributed by atoms with Crippen LogP contribution in [0.4, 0.5) is 5.82 Å². The molecular formula is C14H16N4O. The van der Waals surface area contributed by atoms with Crippen LogP contribution in [0.5, 0.6) is 0 Å². The molecule has 5 nitrogen and oxygen atoms in total. The number of carbonyl (C=O) groups is 1. The summed E-state index contributed by atoms with van der Waals surface area (Å²) in [7, 11) is 0. The lowest BCUT2D eigenvalue weighted by molar-refractivity contribution is 0.0785. The third-order valence-corrected chi connectivity index (χ3v) is 3.57. The Bertz CT molecular complexity index is 578. The number of nitrogen functional groups attached to an aromatic ring is 1. The fourth-order valence-electron chi connectivity index (χ4n) is 2.56. The van der Waals surface area contributed by atoms with Crippen LogP contribution >= 0.6 is 0 Å². The van der Waals surface area contributed by atoms with Crippen molar-refractivity contribution in [2.75, 3.05) is 18.8 Å². The predicted molar refractivity (Wildman–Crippen MR) is 72.7 cm³/mol. The second-order valence-electron chi connectivity index (χ2n) is 4.85. The van der Waals surface area contributed by atoms with Gasteiger partial charge in [-0.15, -0.1) is 0 Å². The fraction of sp³-hybridized carbons (Fsp3) is 0.286. The Morgan fingerprint density at radius 1 is 1.37 bits per heavy atom. The zero-order valence-corrected chi connectivity index (χ0v) is 10.5. The zero-order chi connectivity index (χ0) is 13.2. The first-order valence-electron chi connectivity index (χ1n) is 6.39. The summed E-state index contributed by atoms with van der Waals surface area (Å²) >= 11 is 0. The molecule has 2 heterocycles. The number of H-pyrrole nitrogens is 1. The molecule has 0 saturated carbocycles. The maximum Gasteiger partial charge on any atom is 0.271 e. The molecule has 1 fully saturated rings. The lowest BCUT2D eigenvalue weighted by atomic mass is 9.99. The first-order valence-corrected chi connectivity index (χ1v) is 6.39. The summed E-state index contributed by atoms with van der Waals surface area (Å²) in [5, 5.41) is 6.46. The van der Waals surface area contributed by atoms with Crippen molar-refractivity contribution in [1.82, 2.24) is 15.1 Å². The normalized spacial score (nSPS) is 18.7. The van der Waals surface area contributed by atoms with Crippen molar-refractivity contribution in [3.05, 3.63) is 47.7 Å². The standard InChI is InChI=1S/C14H16N4O/c15-13-8-12(16-17-13)14(19)18-7-6-11(9-18)10-4-2-1-3-5-10/h1-5,8,11H,6-7,9H2,(H3,15,16,17). The van der Waals surface area contributed by atoms with Gasteiger partial charge in [0, 0.05) is 25.1 Å². The van der Waals surface area contributed by atoms with Gasteiger partial charge in [-0.3, -0.25) is 9.89 Å². The van der Waals surface area contributed by atoms with E-state index in [1.807, 2.05) is 23.1 Å². The van der Waals surface area contributed by atoms with Crippen LogP contribution in [-0.4, -0.2) is 34.1 Å². The molecule has 1 aliphatic rings. The first-order chi connectivity index (χ1) is 9.24. The van der Waals surface area contributed by atoms with Gasteiger partial charge in [-0.25, -0.2) is 0 Å². The summed E-state index contributed by atoms with van der Waals surface area (Å²) in [6, 6.07) is 11.9. The number of amides is 1. The van der Waals surface area contributed by atoms with Crippen molar-refractivity contribution >= 4 is 11.7 Å². The summed E-state index contributed by atoms with van der Waals surface area (Å²) in [6.45, 7) is 1.53. The van der Waals surface area contributed by atoms with Gasteiger partial charge in [0.2, 0.25) is 0 Å². The van der Waals surface area contributed by atoms with Gasteiger partial charge >= 0.3 is 0 Å². The average molecular weight is 256 g/mol. The van der Waals surface area contributed by atoms with Crippen molar-refractivity contribution < 1.29 is 4.79 Å². The largest absolute Gasteiger partial charge is 0.382 e. The summed E-state index contributed by atoms with van der Waals surface area (Å²) in [5.74, 6) is 0.746. The average Bonchev–Trinajstić information content (AvgIpc) is 3.08. The van der Waals surface area contributed by atoms with Gasteiger partial charge in [-0.2, -0.15) is 5.10 Å². The molecule has 1 aromatic heterocycles. The van der Waals surface area contributed by atoms with Crippen LogP contribution in [0.25, 0.3) is 0 Å². The molecule has 1 saturated heterocycles. The number of nitrogens with one attached hydrogen (secondary N) is 1. The number of hydrogen-bond acceptors (Lipinski definition) is 3. The molecule has 2 aromatic rings. The second kappa shape index (κ2) is 4.76. The number of benzene rings is 1. The zero-order valence-electron chi connectivity index (χ0n) is 10.5. The minimum atomic E-state index is -0.0253. The van der Waals surface area contributed by atoms with Crippen molar-refractivity contribution in [2.24, 2.45) is 0 Å². The van der Waals surface area contributed by atoms with Crippen LogP contribution in [0.15, 0.2) is 36.4 Å². The van der Waals surface area contributed by atoms with Gasteiger partial charge in [0.25, 0.3) is 5.91 Å². The molecule has 0 aliphatic carbocycles. The van der Waals surface area contributed by atoms with Gasteiger partial charge in [0.15, 0.2) is 0 Å². The number of likely N-dealkylation sites (tertiary alicyclic amines) is 1. The van der Waals surface area contributed by atoms with Crippen LogP contribution in [0.3, 0.4) is 0 Å². The highest BCUT2D eigenvalue weighted by Crippen LogP contribution is 2.27. The van der Waals surface area contributed by atoms with Crippen molar-refractivity contribution in [1.29, 1.82) is 0 Å². The molecular weight excluding hydrogens is 240 g/mol. The number of aromatic nitrogens is 2. The summed E-state index contributed by atoms with van der Waals surface area (Å²) < 4.78 is 0. The Kier molecular flexibility index (Phi) is 2.95. The number of anilines is 1. The Morgan fingerprint density at radius 2 is 2.16 bits per heavy atom. The van der Waals surface area contributed by atoms with E-state index in [1.54, 1.807) is 6.07 Å². The van der Waals surface area contributed by atoms with Crippen molar-refractivity contribution in [3.8, 4) is 0 Å². The Morgan fingerprint density at radius 3 is 2.84 bits per heavy atom. The SMILES string of the molecule is Nc1cc(C(=O)N2CCC(c3ccccc3)C2)[nH]n1. The van der Waals surface area contributed by atoms with E-state index in [0.717, 1.165) is 19.5 Å². The van der Waals surface area contributed by atoms with E-state index in [0.29, 0.717) is 17.4 Å². The van der Waals surface area contributed by atoms with Gasteiger partial charge in [-0.1, -0.05) is 30.3 Å². The number of nitrogens with two attached hydrogens (primary N) is 1. The smallest absolute Gasteiger partial charge is 0.271 e. The first kappa shape index (κ1) is 11.8. The molecule has 1 aliphatic heterocycles. The van der Waals surface area contributed by atoms with E-state index in [2.05, 4.69) is 22.3 Å². The van der Waals surface area contributed by atoms with Crippen LogP contribution in [0.2, 0.25) is 0 Å². The highest BCUT2D eigenvalue weighted by Gasteiger charge is 2.28. The highest BCUT2D eigenvalue weighted by atomic mass is 16.2. The number of aromatic amines is 1. The molecule has 1 atom stereocenters. The topological polar surface area (TPSA) is 75.0 Å². The molecule has 3 N–H and O–H groups in total. The fourth-order valence-corrected chi connectivity index (χ4v) is 2.56. The van der Waals surface area contributed by atoms with Crippen molar-refractivity contribution in [2.45, 2.75) is 12.3 Å². The number of hydrogen-bond donors (Lipinski definition) is 2. The van der Waals surface area contributed by atoms with Gasteiger partial charge in [0.1, 0.15) is 11.5 Å². The van der Waals surface area contributed by atoms with Gasteiger partial charge in [-0.05, 0) is 12.0 Å². The van der Waals surface area contributed by atoms with Crippen LogP contribution < -0.4 is 5.73 Å². The van der Waals surface area contributed by atoms with Crippen molar-refractivity contribution in [3.63, 3.8) is 0 Å². The molecule has 0 spiro atoms. The molecule has 1 unspecified atom stereocenters. The third kappa shape index (κ3) is 2.31. The van der Waals surface area contributed by atoms with E-state index in [9.17, 15) is 4.79 Å². The van der Waals surface area contributed by atoms with Gasteiger partial charge in [0.05, 0.1) is 0 Å². The highest BCUT2D eigenvalue weighted by molar-refractivity contribution is 5.93. The van der Waals surface area contributed by atoms with Crippen LogP contribution in [-0.2, 0) is 0 Å². The Balaban J connectivity index is 1.71. The van der Waals surface area contributed by atoms with E-state index in [4.69, 9.17) is 5.73 Å². The predicted octanol–water partition coefficient (Wildman–Crippen LogP) is 1.62. The lowest BCUT2D eigenvalue weighted by Gasteiger charge is -2.15. The monoisotopic (exact) mass is 256 g/mol. The number of carbonyl (C=O) groups excluding carboxylic acids is 1. The molecule has 5 heteroatoms. The maximum absolute atomic E-state index is 12.2. The summed E-state index contributed by atoms with van der Waals surface area (Å²) in [5.41, 5.74) is 7.28. The summed E-state index contributed by atoms with van der Waals surface area (Å²) in [4.78, 5) is 14.1. The van der Waals surface area contributed by atoms with Gasteiger partial charge < -0.3 is 10.6 Å². The minimum Gasteiger partial charge on any atom is -0.382 e. The third-order valence-electron chi connectivity index (χ3n) is 3.57. The minimum absolute atomic E-state index is 0.0253. The van der Waals surface area contributed by atoms with Crippen LogP contribution in [0.1, 0.15) is 28.4 Å². The molecule has 1 aromatic carbocycles. The maximum atomic E-state index is 12.2. The number of rotatable bonds is 2.